The molecule has 0 aliphatic rings. The van der Waals surface area contributed by atoms with Gasteiger partial charge in [0.05, 0.1) is 5.02 Å². The van der Waals surface area contributed by atoms with Crippen molar-refractivity contribution in [2.24, 2.45) is 0 Å². The maximum Gasteiger partial charge on any atom is 0.293 e. The predicted octanol–water partition coefficient (Wildman–Crippen LogP) is 5.88. The Balaban J connectivity index is 1.44. The number of furan rings is 1. The summed E-state index contributed by atoms with van der Waals surface area (Å²) in [5, 5.41) is 8.60. The number of nitrogens with one attached hydrogen (secondary N) is 2. The van der Waals surface area contributed by atoms with Crippen LogP contribution in [0.25, 0.3) is 22.1 Å². The van der Waals surface area contributed by atoms with Gasteiger partial charge in [0.1, 0.15) is 5.76 Å². The van der Waals surface area contributed by atoms with E-state index in [0.717, 1.165) is 22.0 Å². The molecule has 0 bridgehead atoms. The fourth-order valence-electron chi connectivity index (χ4n) is 2.86. The summed E-state index contributed by atoms with van der Waals surface area (Å²) < 4.78 is 5.64. The Morgan fingerprint density at radius 3 is 2.46 bits per heavy atom. The Hall–Kier alpha value is -3.15. The predicted molar refractivity (Wildman–Crippen MR) is 117 cm³/mol. The van der Waals surface area contributed by atoms with Crippen LogP contribution in [0.4, 0.5) is 5.69 Å². The third kappa shape index (κ3) is 3.91. The fourth-order valence-corrected chi connectivity index (χ4v) is 3.30. The van der Waals surface area contributed by atoms with E-state index in [-0.39, 0.29) is 10.9 Å². The molecule has 0 aliphatic heterocycles. The number of benzene rings is 3. The van der Waals surface area contributed by atoms with Crippen LogP contribution in [0.2, 0.25) is 5.02 Å². The molecule has 4 rings (SSSR count). The van der Waals surface area contributed by atoms with Crippen LogP contribution in [0.1, 0.15) is 10.6 Å². The van der Waals surface area contributed by atoms with E-state index in [1.807, 2.05) is 60.7 Å². The number of halogens is 1. The molecule has 138 valence electrons. The highest BCUT2D eigenvalue weighted by Gasteiger charge is 2.15. The number of anilines is 1. The van der Waals surface area contributed by atoms with E-state index in [1.165, 1.54) is 0 Å². The molecule has 4 aromatic rings. The second-order valence-corrected chi connectivity index (χ2v) is 6.93. The number of carbonyl (C=O) groups is 1. The third-order valence-electron chi connectivity index (χ3n) is 4.20. The summed E-state index contributed by atoms with van der Waals surface area (Å²) in [6.07, 6.45) is 0. The average Bonchev–Trinajstić information content (AvgIpc) is 3.18. The molecule has 0 unspecified atom stereocenters. The van der Waals surface area contributed by atoms with Crippen LogP contribution in [0.5, 0.6) is 0 Å². The van der Waals surface area contributed by atoms with Gasteiger partial charge < -0.3 is 9.73 Å². The molecule has 2 N–H and O–H groups in total. The number of thiocarbonyl (C=S) groups is 1. The standard InChI is InChI=1S/C22H15ClN2O2S/c23-18-8-4-3-7-17(18)19-11-12-20(27-19)21(26)25-22(28)24-16-10-9-14-5-1-2-6-15(14)13-16/h1-13H,(H2,24,25,26,28). The second-order valence-electron chi connectivity index (χ2n) is 6.11. The van der Waals surface area contributed by atoms with Crippen molar-refractivity contribution < 1.29 is 9.21 Å². The van der Waals surface area contributed by atoms with E-state index >= 15 is 0 Å². The number of carbonyl (C=O) groups excluding carboxylic acids is 1. The average molecular weight is 407 g/mol. The zero-order valence-corrected chi connectivity index (χ0v) is 16.2. The zero-order valence-electron chi connectivity index (χ0n) is 14.6. The van der Waals surface area contributed by atoms with Gasteiger partial charge in [-0.25, -0.2) is 0 Å². The zero-order chi connectivity index (χ0) is 19.5. The van der Waals surface area contributed by atoms with Crippen molar-refractivity contribution in [1.82, 2.24) is 5.32 Å². The smallest absolute Gasteiger partial charge is 0.293 e. The molecule has 0 saturated heterocycles. The molecule has 0 aliphatic carbocycles. The number of hydrogen-bond donors (Lipinski definition) is 2. The molecule has 0 saturated carbocycles. The normalized spacial score (nSPS) is 10.6. The molecule has 0 spiro atoms. The maximum absolute atomic E-state index is 12.4. The highest BCUT2D eigenvalue weighted by molar-refractivity contribution is 7.80. The molecule has 3 aromatic carbocycles. The minimum Gasteiger partial charge on any atom is -0.451 e. The largest absolute Gasteiger partial charge is 0.451 e. The lowest BCUT2D eigenvalue weighted by atomic mass is 10.1. The second kappa shape index (κ2) is 7.84. The first-order valence-electron chi connectivity index (χ1n) is 8.56. The number of rotatable bonds is 3. The van der Waals surface area contributed by atoms with Crippen LogP contribution in [-0.4, -0.2) is 11.0 Å². The summed E-state index contributed by atoms with van der Waals surface area (Å²) in [7, 11) is 0. The van der Waals surface area contributed by atoms with Gasteiger partial charge in [-0.3, -0.25) is 10.1 Å². The molecule has 1 amide bonds. The summed E-state index contributed by atoms with van der Waals surface area (Å²) in [5.74, 6) is 0.235. The summed E-state index contributed by atoms with van der Waals surface area (Å²) >= 11 is 11.4. The van der Waals surface area contributed by atoms with Gasteiger partial charge in [-0.05, 0) is 59.4 Å². The van der Waals surface area contributed by atoms with Crippen LogP contribution in [-0.2, 0) is 0 Å². The van der Waals surface area contributed by atoms with E-state index in [9.17, 15) is 4.79 Å². The minimum atomic E-state index is -0.434. The SMILES string of the molecule is O=C(NC(=S)Nc1ccc2ccccc2c1)c1ccc(-c2ccccc2Cl)o1. The van der Waals surface area contributed by atoms with Gasteiger partial charge in [0.2, 0.25) is 0 Å². The van der Waals surface area contributed by atoms with Crippen LogP contribution >= 0.6 is 23.8 Å². The lowest BCUT2D eigenvalue weighted by molar-refractivity contribution is 0.0951. The number of amides is 1. The van der Waals surface area contributed by atoms with Crippen LogP contribution in [0, 0.1) is 0 Å². The van der Waals surface area contributed by atoms with Crippen molar-refractivity contribution in [3.05, 3.63) is 89.6 Å². The van der Waals surface area contributed by atoms with E-state index in [2.05, 4.69) is 10.6 Å². The highest BCUT2D eigenvalue weighted by Crippen LogP contribution is 2.29. The van der Waals surface area contributed by atoms with Gasteiger partial charge in [-0.2, -0.15) is 0 Å². The monoisotopic (exact) mass is 406 g/mol. The maximum atomic E-state index is 12.4. The summed E-state index contributed by atoms with van der Waals surface area (Å²) in [6, 6.07) is 24.4. The molecule has 0 fully saturated rings. The van der Waals surface area contributed by atoms with Crippen LogP contribution < -0.4 is 10.6 Å². The van der Waals surface area contributed by atoms with Crippen molar-refractivity contribution in [3.63, 3.8) is 0 Å². The first kappa shape index (κ1) is 18.2. The molecule has 6 heteroatoms. The molecule has 1 aromatic heterocycles. The minimum absolute atomic E-state index is 0.151. The quantitative estimate of drug-likeness (QED) is 0.417. The summed E-state index contributed by atoms with van der Waals surface area (Å²) in [5.41, 5.74) is 1.51. The van der Waals surface area contributed by atoms with Gasteiger partial charge in [-0.1, -0.05) is 54.1 Å². The molecule has 1 heterocycles. The van der Waals surface area contributed by atoms with Gasteiger partial charge in [0.25, 0.3) is 5.91 Å². The topological polar surface area (TPSA) is 54.3 Å². The Bertz CT molecular complexity index is 1190. The van der Waals surface area contributed by atoms with Crippen molar-refractivity contribution >= 4 is 51.3 Å². The summed E-state index contributed by atoms with van der Waals surface area (Å²) in [4.78, 5) is 12.4. The number of hydrogen-bond acceptors (Lipinski definition) is 3. The Kier molecular flexibility index (Phi) is 5.10. The molecular formula is C22H15ClN2O2S. The molecule has 4 nitrogen and oxygen atoms in total. The highest BCUT2D eigenvalue weighted by atomic mass is 35.5. The van der Waals surface area contributed by atoms with E-state index in [4.69, 9.17) is 28.2 Å². The van der Waals surface area contributed by atoms with Gasteiger partial charge in [0, 0.05) is 11.3 Å². The Labute approximate surface area is 172 Å². The lowest BCUT2D eigenvalue weighted by Crippen LogP contribution is -2.33. The molecule has 0 radical (unpaired) electrons. The Morgan fingerprint density at radius 2 is 1.64 bits per heavy atom. The summed E-state index contributed by atoms with van der Waals surface area (Å²) in [6.45, 7) is 0. The Morgan fingerprint density at radius 1 is 0.893 bits per heavy atom. The van der Waals surface area contributed by atoms with E-state index < -0.39 is 5.91 Å². The van der Waals surface area contributed by atoms with E-state index in [0.29, 0.717) is 10.8 Å². The fraction of sp³-hybridized carbons (Fsp3) is 0. The van der Waals surface area contributed by atoms with Crippen molar-refractivity contribution in [2.75, 3.05) is 5.32 Å². The first-order chi connectivity index (χ1) is 13.6. The number of fused-ring (bicyclic) bond motifs is 1. The lowest BCUT2D eigenvalue weighted by Gasteiger charge is -2.09. The van der Waals surface area contributed by atoms with Gasteiger partial charge in [0.15, 0.2) is 10.9 Å². The third-order valence-corrected chi connectivity index (χ3v) is 4.74. The molecule has 28 heavy (non-hydrogen) atoms. The van der Waals surface area contributed by atoms with Crippen LogP contribution in [0.3, 0.4) is 0 Å². The molecule has 0 atom stereocenters. The van der Waals surface area contributed by atoms with Crippen LogP contribution in [0.15, 0.2) is 83.3 Å². The molecular weight excluding hydrogens is 392 g/mol. The first-order valence-corrected chi connectivity index (χ1v) is 9.35. The van der Waals surface area contributed by atoms with Gasteiger partial charge >= 0.3 is 0 Å². The van der Waals surface area contributed by atoms with Crippen molar-refractivity contribution in [3.8, 4) is 11.3 Å². The van der Waals surface area contributed by atoms with Crippen molar-refractivity contribution in [2.45, 2.75) is 0 Å². The van der Waals surface area contributed by atoms with Gasteiger partial charge in [-0.15, -0.1) is 0 Å². The van der Waals surface area contributed by atoms with Crippen molar-refractivity contribution in [1.29, 1.82) is 0 Å². The van der Waals surface area contributed by atoms with E-state index in [1.54, 1.807) is 18.2 Å².